The van der Waals surface area contributed by atoms with Crippen molar-refractivity contribution in [3.05, 3.63) is 51.5 Å². The number of fused-ring (bicyclic) bond motifs is 1. The van der Waals surface area contributed by atoms with Gasteiger partial charge < -0.3 is 10.2 Å². The third-order valence-corrected chi connectivity index (χ3v) is 7.56. The summed E-state index contributed by atoms with van der Waals surface area (Å²) in [4.78, 5) is 26.1. The summed E-state index contributed by atoms with van der Waals surface area (Å²) < 4.78 is 26.9. The molecule has 0 bridgehead atoms. The number of aryl methyl sites for hydroxylation is 2. The number of rotatable bonds is 5. The van der Waals surface area contributed by atoms with Gasteiger partial charge in [-0.25, -0.2) is 8.42 Å². The molecular formula is C22H25BrN2O4S. The van der Waals surface area contributed by atoms with Gasteiger partial charge in [-0.05, 0) is 68.1 Å². The van der Waals surface area contributed by atoms with E-state index in [2.05, 4.69) is 21.2 Å². The zero-order valence-electron chi connectivity index (χ0n) is 17.5. The Hall–Kier alpha value is -2.19. The summed E-state index contributed by atoms with van der Waals surface area (Å²) in [7, 11) is -3.78. The maximum Gasteiger partial charge on any atom is 0.225 e. The van der Waals surface area contributed by atoms with Crippen LogP contribution >= 0.6 is 15.9 Å². The average molecular weight is 493 g/mol. The first-order valence-corrected chi connectivity index (χ1v) is 12.2. The molecule has 0 fully saturated rings. The second kappa shape index (κ2) is 8.51. The smallest absolute Gasteiger partial charge is 0.225 e. The second-order valence-corrected chi connectivity index (χ2v) is 10.8. The number of carbonyl (C=O) groups excluding carboxylic acids is 2. The monoisotopic (exact) mass is 492 g/mol. The van der Waals surface area contributed by atoms with Crippen LogP contribution in [0.3, 0.4) is 0 Å². The Morgan fingerprint density at radius 3 is 2.50 bits per heavy atom. The van der Waals surface area contributed by atoms with Gasteiger partial charge >= 0.3 is 0 Å². The molecule has 1 N–H and O–H groups in total. The largest absolute Gasteiger partial charge is 0.326 e. The maximum atomic E-state index is 13.1. The molecule has 1 aliphatic rings. The number of nitrogens with zero attached hydrogens (tertiary/aromatic N) is 1. The lowest BCUT2D eigenvalue weighted by Gasteiger charge is -2.23. The summed E-state index contributed by atoms with van der Waals surface area (Å²) >= 11 is 3.37. The molecule has 0 spiro atoms. The fourth-order valence-electron chi connectivity index (χ4n) is 3.77. The number of amides is 2. The molecule has 1 atom stereocenters. The van der Waals surface area contributed by atoms with E-state index in [1.807, 2.05) is 39.0 Å². The highest BCUT2D eigenvalue weighted by molar-refractivity contribution is 9.10. The minimum Gasteiger partial charge on any atom is -0.326 e. The van der Waals surface area contributed by atoms with Gasteiger partial charge in [-0.3, -0.25) is 9.59 Å². The van der Waals surface area contributed by atoms with Gasteiger partial charge in [0.1, 0.15) is 0 Å². The number of hydrogen-bond donors (Lipinski definition) is 1. The Bertz CT molecular complexity index is 1130. The van der Waals surface area contributed by atoms with Crippen LogP contribution in [0.2, 0.25) is 0 Å². The van der Waals surface area contributed by atoms with E-state index in [0.717, 1.165) is 16.7 Å². The van der Waals surface area contributed by atoms with Gasteiger partial charge in [0.25, 0.3) is 0 Å². The summed E-state index contributed by atoms with van der Waals surface area (Å²) in [5, 5.41) is 2.75. The number of anilines is 2. The SMILES string of the molecule is CC(=O)N1c2c(cc(Br)cc2S(=O)(=O)CCC(=O)Nc2ccc(C)c(C)c2)CC1C. The van der Waals surface area contributed by atoms with E-state index in [-0.39, 0.29) is 34.9 Å². The first kappa shape index (κ1) is 22.5. The summed E-state index contributed by atoms with van der Waals surface area (Å²) in [6, 6.07) is 8.80. The van der Waals surface area contributed by atoms with Gasteiger partial charge in [0.2, 0.25) is 11.8 Å². The quantitative estimate of drug-likeness (QED) is 0.678. The van der Waals surface area contributed by atoms with Crippen LogP contribution in [0.5, 0.6) is 0 Å². The van der Waals surface area contributed by atoms with Crippen LogP contribution in [0.4, 0.5) is 11.4 Å². The number of carbonyl (C=O) groups is 2. The Morgan fingerprint density at radius 1 is 1.17 bits per heavy atom. The zero-order chi connectivity index (χ0) is 22.2. The molecule has 160 valence electrons. The minimum atomic E-state index is -3.78. The first-order valence-electron chi connectivity index (χ1n) is 9.71. The highest BCUT2D eigenvalue weighted by Gasteiger charge is 2.35. The molecule has 1 unspecified atom stereocenters. The van der Waals surface area contributed by atoms with E-state index in [1.165, 1.54) is 17.9 Å². The van der Waals surface area contributed by atoms with Crippen molar-refractivity contribution in [3.63, 3.8) is 0 Å². The van der Waals surface area contributed by atoms with Crippen molar-refractivity contribution < 1.29 is 18.0 Å². The molecule has 6 nitrogen and oxygen atoms in total. The van der Waals surface area contributed by atoms with Gasteiger partial charge in [0.15, 0.2) is 9.84 Å². The fraction of sp³-hybridized carbons (Fsp3) is 0.364. The molecule has 0 aliphatic carbocycles. The van der Waals surface area contributed by atoms with E-state index in [4.69, 9.17) is 0 Å². The Labute approximate surface area is 185 Å². The third-order valence-electron chi connectivity index (χ3n) is 5.38. The molecule has 8 heteroatoms. The van der Waals surface area contributed by atoms with Crippen LogP contribution in [0, 0.1) is 13.8 Å². The van der Waals surface area contributed by atoms with E-state index < -0.39 is 9.84 Å². The molecule has 0 saturated carbocycles. The van der Waals surface area contributed by atoms with Gasteiger partial charge in [-0.1, -0.05) is 22.0 Å². The predicted molar refractivity (Wildman–Crippen MR) is 122 cm³/mol. The van der Waals surface area contributed by atoms with E-state index in [1.54, 1.807) is 6.07 Å². The van der Waals surface area contributed by atoms with Crippen LogP contribution < -0.4 is 10.2 Å². The van der Waals surface area contributed by atoms with Crippen molar-refractivity contribution in [2.24, 2.45) is 0 Å². The normalized spacial score (nSPS) is 15.8. The molecule has 3 rings (SSSR count). The maximum absolute atomic E-state index is 13.1. The summed E-state index contributed by atoms with van der Waals surface area (Å²) in [5.74, 6) is -0.912. The Morgan fingerprint density at radius 2 is 1.87 bits per heavy atom. The number of sulfone groups is 1. The van der Waals surface area contributed by atoms with Gasteiger partial charge in [-0.2, -0.15) is 0 Å². The van der Waals surface area contributed by atoms with Crippen molar-refractivity contribution in [1.82, 2.24) is 0 Å². The molecule has 30 heavy (non-hydrogen) atoms. The van der Waals surface area contributed by atoms with Crippen LogP contribution in [0.25, 0.3) is 0 Å². The highest BCUT2D eigenvalue weighted by atomic mass is 79.9. The summed E-state index contributed by atoms with van der Waals surface area (Å²) in [6.45, 7) is 7.25. The van der Waals surface area contributed by atoms with Gasteiger partial charge in [-0.15, -0.1) is 0 Å². The number of benzene rings is 2. The van der Waals surface area contributed by atoms with Crippen LogP contribution in [0.1, 0.15) is 37.0 Å². The molecule has 0 saturated heterocycles. The van der Waals surface area contributed by atoms with Crippen LogP contribution in [0.15, 0.2) is 39.7 Å². The molecule has 1 heterocycles. The summed E-state index contributed by atoms with van der Waals surface area (Å²) in [6.07, 6.45) is 0.413. The van der Waals surface area contributed by atoms with Crippen molar-refractivity contribution in [2.45, 2.75) is 51.5 Å². The Balaban J connectivity index is 1.82. The van der Waals surface area contributed by atoms with E-state index in [0.29, 0.717) is 22.3 Å². The van der Waals surface area contributed by atoms with Crippen molar-refractivity contribution in [3.8, 4) is 0 Å². The van der Waals surface area contributed by atoms with E-state index >= 15 is 0 Å². The molecule has 2 aromatic rings. The lowest BCUT2D eigenvalue weighted by molar-refractivity contribution is -0.117. The number of nitrogens with one attached hydrogen (secondary N) is 1. The zero-order valence-corrected chi connectivity index (χ0v) is 19.9. The minimum absolute atomic E-state index is 0.0883. The molecule has 0 radical (unpaired) electrons. The van der Waals surface area contributed by atoms with Crippen LogP contribution in [-0.2, 0) is 25.8 Å². The first-order chi connectivity index (χ1) is 14.0. The lowest BCUT2D eigenvalue weighted by Crippen LogP contribution is -2.34. The lowest BCUT2D eigenvalue weighted by atomic mass is 10.1. The standard InChI is InChI=1S/C22H25BrN2O4S/c1-13-5-6-19(9-14(13)2)24-21(27)7-8-30(28,29)20-12-18(23)11-17-10-15(3)25(16(4)26)22(17)20/h5-6,9,11-12,15H,7-8,10H2,1-4H3,(H,24,27). The van der Waals surface area contributed by atoms with E-state index in [9.17, 15) is 18.0 Å². The topological polar surface area (TPSA) is 83.6 Å². The number of hydrogen-bond acceptors (Lipinski definition) is 4. The second-order valence-electron chi connectivity index (χ2n) is 7.77. The molecule has 1 aliphatic heterocycles. The van der Waals surface area contributed by atoms with Crippen molar-refractivity contribution >= 4 is 49.0 Å². The highest BCUT2D eigenvalue weighted by Crippen LogP contribution is 2.40. The van der Waals surface area contributed by atoms with Crippen molar-refractivity contribution in [1.29, 1.82) is 0 Å². The Kier molecular flexibility index (Phi) is 6.38. The van der Waals surface area contributed by atoms with Crippen LogP contribution in [-0.4, -0.2) is 32.0 Å². The molecular weight excluding hydrogens is 468 g/mol. The van der Waals surface area contributed by atoms with Gasteiger partial charge in [0.05, 0.1) is 16.3 Å². The van der Waals surface area contributed by atoms with Gasteiger partial charge in [0, 0.05) is 29.5 Å². The predicted octanol–water partition coefficient (Wildman–Crippen LogP) is 4.17. The van der Waals surface area contributed by atoms with Crippen molar-refractivity contribution in [2.75, 3.05) is 16.0 Å². The molecule has 2 amide bonds. The average Bonchev–Trinajstić information content (AvgIpc) is 2.98. The fourth-order valence-corrected chi connectivity index (χ4v) is 5.93. The molecule has 2 aromatic carbocycles. The number of halogens is 1. The summed E-state index contributed by atoms with van der Waals surface area (Å²) in [5.41, 5.74) is 4.05. The third kappa shape index (κ3) is 4.59. The molecule has 0 aromatic heterocycles.